The quantitative estimate of drug-likeness (QED) is 0.340. The van der Waals surface area contributed by atoms with Crippen molar-refractivity contribution in [3.05, 3.63) is 24.3 Å². The van der Waals surface area contributed by atoms with Crippen molar-refractivity contribution >= 4 is 27.3 Å². The zero-order valence-electron chi connectivity index (χ0n) is 11.0. The number of hydrogen-bond acceptors (Lipinski definition) is 6. The van der Waals surface area contributed by atoms with Crippen LogP contribution in [-0.4, -0.2) is 26.0 Å². The second-order valence-corrected chi connectivity index (χ2v) is 6.24. The molecular weight excluding hydrogens is 292 g/mol. The molecule has 0 aliphatic heterocycles. The second kappa shape index (κ2) is 5.90. The number of sulfonamides is 1. The maximum atomic E-state index is 12.1. The van der Waals surface area contributed by atoms with Crippen molar-refractivity contribution in [3.8, 4) is 6.07 Å². The van der Waals surface area contributed by atoms with Crippen molar-refractivity contribution in [1.29, 1.82) is 10.7 Å². The van der Waals surface area contributed by atoms with Gasteiger partial charge < -0.3 is 5.73 Å². The monoisotopic (exact) mass is 306 g/mol. The van der Waals surface area contributed by atoms with E-state index in [0.29, 0.717) is 5.69 Å². The Labute approximate surface area is 122 Å². The Morgan fingerprint density at radius 2 is 2.19 bits per heavy atom. The van der Waals surface area contributed by atoms with E-state index < -0.39 is 15.9 Å². The van der Waals surface area contributed by atoms with Gasteiger partial charge in [0.2, 0.25) is 15.7 Å². The molecule has 0 radical (unpaired) electrons. The molecule has 1 aromatic rings. The standard InChI is InChI=1S/C12H14N6O2S/c13-7-11(12(14)15)17-16-9-2-1-3-10(6-9)21(19,20)18-8-4-5-8/h1-3,6,8,16,18H,4-5H2,(H3,14,15)/b17-11+. The Balaban J connectivity index is 2.18. The highest BCUT2D eigenvalue weighted by Crippen LogP contribution is 2.23. The highest BCUT2D eigenvalue weighted by Gasteiger charge is 2.27. The minimum atomic E-state index is -3.55. The molecule has 0 bridgehead atoms. The van der Waals surface area contributed by atoms with E-state index in [4.69, 9.17) is 16.4 Å². The summed E-state index contributed by atoms with van der Waals surface area (Å²) in [5.74, 6) is -0.468. The zero-order valence-corrected chi connectivity index (χ0v) is 11.8. The van der Waals surface area contributed by atoms with Crippen molar-refractivity contribution in [2.45, 2.75) is 23.8 Å². The van der Waals surface area contributed by atoms with Crippen LogP contribution in [0.4, 0.5) is 5.69 Å². The lowest BCUT2D eigenvalue weighted by molar-refractivity contribution is 0.581. The SMILES string of the molecule is N#C/C(=N\Nc1cccc(S(=O)(=O)NC2CC2)c1)C(=N)N. The van der Waals surface area contributed by atoms with E-state index >= 15 is 0 Å². The average Bonchev–Trinajstić information content (AvgIpc) is 3.22. The summed E-state index contributed by atoms with van der Waals surface area (Å²) in [4.78, 5) is 0.107. The number of nitrogens with one attached hydrogen (secondary N) is 3. The molecule has 9 heteroatoms. The predicted molar refractivity (Wildman–Crippen MR) is 78.4 cm³/mol. The third-order valence-electron chi connectivity index (χ3n) is 2.70. The van der Waals surface area contributed by atoms with Gasteiger partial charge in [0.1, 0.15) is 6.07 Å². The summed E-state index contributed by atoms with van der Waals surface area (Å²) in [6.07, 6.45) is 1.71. The Morgan fingerprint density at radius 3 is 2.76 bits per heavy atom. The Bertz CT molecular complexity index is 730. The van der Waals surface area contributed by atoms with Crippen LogP contribution in [0.15, 0.2) is 34.3 Å². The summed E-state index contributed by atoms with van der Waals surface area (Å²) in [6, 6.07) is 7.69. The van der Waals surface area contributed by atoms with Gasteiger partial charge in [0.25, 0.3) is 0 Å². The molecule has 2 rings (SSSR count). The number of hydrogen-bond donors (Lipinski definition) is 4. The van der Waals surface area contributed by atoms with Gasteiger partial charge in [0.05, 0.1) is 10.6 Å². The van der Waals surface area contributed by atoms with Crippen molar-refractivity contribution in [2.24, 2.45) is 10.8 Å². The number of rotatable bonds is 6. The molecule has 0 aromatic heterocycles. The van der Waals surface area contributed by atoms with E-state index in [2.05, 4.69) is 15.2 Å². The normalized spacial score (nSPS) is 15.3. The molecule has 8 nitrogen and oxygen atoms in total. The first kappa shape index (κ1) is 15.0. The number of nitrogens with two attached hydrogens (primary N) is 1. The van der Waals surface area contributed by atoms with E-state index in [1.54, 1.807) is 18.2 Å². The van der Waals surface area contributed by atoms with Gasteiger partial charge in [-0.1, -0.05) is 6.07 Å². The number of benzene rings is 1. The summed E-state index contributed by atoms with van der Waals surface area (Å²) in [5.41, 5.74) is 7.77. The Morgan fingerprint density at radius 1 is 1.48 bits per heavy atom. The lowest BCUT2D eigenvalue weighted by atomic mass is 10.3. The maximum absolute atomic E-state index is 12.1. The van der Waals surface area contributed by atoms with E-state index in [1.165, 1.54) is 12.1 Å². The van der Waals surface area contributed by atoms with E-state index in [9.17, 15) is 8.42 Å². The third-order valence-corrected chi connectivity index (χ3v) is 4.22. The average molecular weight is 306 g/mol. The molecule has 0 amide bonds. The van der Waals surface area contributed by atoms with Crippen LogP contribution in [0.3, 0.4) is 0 Å². The molecule has 21 heavy (non-hydrogen) atoms. The first-order valence-corrected chi connectivity index (χ1v) is 7.61. The first-order valence-electron chi connectivity index (χ1n) is 6.13. The van der Waals surface area contributed by atoms with Gasteiger partial charge >= 0.3 is 0 Å². The van der Waals surface area contributed by atoms with Crippen molar-refractivity contribution in [2.75, 3.05) is 5.43 Å². The number of nitriles is 1. The fourth-order valence-electron chi connectivity index (χ4n) is 1.49. The molecular formula is C12H14N6O2S. The van der Waals surface area contributed by atoms with Gasteiger partial charge in [-0.3, -0.25) is 10.8 Å². The fraction of sp³-hybridized carbons (Fsp3) is 0.250. The molecule has 5 N–H and O–H groups in total. The summed E-state index contributed by atoms with van der Waals surface area (Å²) in [6.45, 7) is 0. The van der Waals surface area contributed by atoms with Crippen LogP contribution < -0.4 is 15.9 Å². The van der Waals surface area contributed by atoms with Gasteiger partial charge in [-0.25, -0.2) is 13.1 Å². The molecule has 1 aliphatic carbocycles. The fourth-order valence-corrected chi connectivity index (χ4v) is 2.84. The highest BCUT2D eigenvalue weighted by atomic mass is 32.2. The van der Waals surface area contributed by atoms with Gasteiger partial charge in [-0.2, -0.15) is 10.4 Å². The van der Waals surface area contributed by atoms with Gasteiger partial charge in [-0.05, 0) is 31.0 Å². The largest absolute Gasteiger partial charge is 0.382 e. The van der Waals surface area contributed by atoms with Gasteiger partial charge in [0.15, 0.2) is 5.84 Å². The minimum Gasteiger partial charge on any atom is -0.382 e. The molecule has 1 aliphatic rings. The van der Waals surface area contributed by atoms with Crippen LogP contribution in [0, 0.1) is 16.7 Å². The second-order valence-electron chi connectivity index (χ2n) is 4.52. The predicted octanol–water partition coefficient (Wildman–Crippen LogP) is 0.355. The topological polar surface area (TPSA) is 144 Å². The lowest BCUT2D eigenvalue weighted by Gasteiger charge is -2.07. The van der Waals surface area contributed by atoms with Gasteiger partial charge in [-0.15, -0.1) is 0 Å². The smallest absolute Gasteiger partial charge is 0.240 e. The van der Waals surface area contributed by atoms with Crippen LogP contribution >= 0.6 is 0 Å². The molecule has 1 saturated carbocycles. The lowest BCUT2D eigenvalue weighted by Crippen LogP contribution is -2.25. The number of nitrogens with zero attached hydrogens (tertiary/aromatic N) is 2. The maximum Gasteiger partial charge on any atom is 0.240 e. The zero-order chi connectivity index (χ0) is 15.5. The summed E-state index contributed by atoms with van der Waals surface area (Å²) >= 11 is 0. The number of anilines is 1. The number of amidine groups is 1. The Hall–Kier alpha value is -2.44. The van der Waals surface area contributed by atoms with Crippen molar-refractivity contribution in [3.63, 3.8) is 0 Å². The molecule has 0 spiro atoms. The van der Waals surface area contributed by atoms with Crippen LogP contribution in [-0.2, 0) is 10.0 Å². The van der Waals surface area contributed by atoms with Gasteiger partial charge in [0, 0.05) is 6.04 Å². The van der Waals surface area contributed by atoms with E-state index in [-0.39, 0.29) is 16.6 Å². The number of hydrazone groups is 1. The molecule has 1 fully saturated rings. The van der Waals surface area contributed by atoms with Crippen LogP contribution in [0.1, 0.15) is 12.8 Å². The summed E-state index contributed by atoms with van der Waals surface area (Å²) < 4.78 is 26.7. The molecule has 0 saturated heterocycles. The summed E-state index contributed by atoms with van der Waals surface area (Å²) in [7, 11) is -3.55. The van der Waals surface area contributed by atoms with E-state index in [1.807, 2.05) is 0 Å². The Kier molecular flexibility index (Phi) is 4.21. The molecule has 0 atom stereocenters. The van der Waals surface area contributed by atoms with Crippen LogP contribution in [0.5, 0.6) is 0 Å². The molecule has 110 valence electrons. The molecule has 0 heterocycles. The third kappa shape index (κ3) is 4.01. The van der Waals surface area contributed by atoms with Crippen LogP contribution in [0.25, 0.3) is 0 Å². The van der Waals surface area contributed by atoms with E-state index in [0.717, 1.165) is 12.8 Å². The first-order chi connectivity index (χ1) is 9.92. The summed E-state index contributed by atoms with van der Waals surface area (Å²) in [5, 5.41) is 19.5. The highest BCUT2D eigenvalue weighted by molar-refractivity contribution is 7.89. The minimum absolute atomic E-state index is 0.0209. The van der Waals surface area contributed by atoms with Crippen molar-refractivity contribution in [1.82, 2.24) is 4.72 Å². The molecule has 1 aromatic carbocycles. The molecule has 0 unspecified atom stereocenters. The van der Waals surface area contributed by atoms with Crippen molar-refractivity contribution < 1.29 is 8.42 Å². The van der Waals surface area contributed by atoms with Crippen LogP contribution in [0.2, 0.25) is 0 Å².